The lowest BCUT2D eigenvalue weighted by Crippen LogP contribution is -2.62. The van der Waals surface area contributed by atoms with Crippen molar-refractivity contribution in [1.29, 1.82) is 0 Å². The van der Waals surface area contributed by atoms with Gasteiger partial charge in [-0.15, -0.1) is 6.58 Å². The largest absolute Gasteiger partial charge is 0.497 e. The second-order valence-corrected chi connectivity index (χ2v) is 7.53. The van der Waals surface area contributed by atoms with Crippen LogP contribution in [0.4, 0.5) is 0 Å². The molecule has 2 fully saturated rings. The van der Waals surface area contributed by atoms with E-state index in [1.165, 1.54) is 0 Å². The first-order chi connectivity index (χ1) is 14.7. The zero-order chi connectivity index (χ0) is 20.9. The van der Waals surface area contributed by atoms with E-state index in [4.69, 9.17) is 23.7 Å². The van der Waals surface area contributed by atoms with E-state index in [2.05, 4.69) is 6.58 Å². The molecule has 30 heavy (non-hydrogen) atoms. The number of aliphatic hydroxyl groups excluding tert-OH is 1. The molecule has 6 atom stereocenters. The molecule has 0 amide bonds. The Bertz CT molecular complexity index is 808. The van der Waals surface area contributed by atoms with Gasteiger partial charge in [-0.25, -0.2) is 0 Å². The predicted octanol–water partition coefficient (Wildman–Crippen LogP) is 3.40. The van der Waals surface area contributed by atoms with Gasteiger partial charge >= 0.3 is 0 Å². The lowest BCUT2D eigenvalue weighted by Gasteiger charge is -2.48. The van der Waals surface area contributed by atoms with Crippen LogP contribution in [0.5, 0.6) is 5.75 Å². The smallest absolute Gasteiger partial charge is 0.184 e. The number of fused-ring (bicyclic) bond motifs is 1. The van der Waals surface area contributed by atoms with E-state index in [1.807, 2.05) is 54.6 Å². The molecule has 0 aromatic heterocycles. The fourth-order valence-corrected chi connectivity index (χ4v) is 3.92. The van der Waals surface area contributed by atoms with Gasteiger partial charge in [0.25, 0.3) is 0 Å². The minimum absolute atomic E-state index is 0.325. The number of benzene rings is 2. The topological polar surface area (TPSA) is 66.4 Å². The summed E-state index contributed by atoms with van der Waals surface area (Å²) in [7, 11) is 1.63. The fraction of sp³-hybridized carbons (Fsp3) is 0.417. The molecule has 0 aliphatic carbocycles. The molecule has 1 N–H and O–H groups in total. The first-order valence-electron chi connectivity index (χ1n) is 10.2. The molecular weight excluding hydrogens is 384 g/mol. The Kier molecular flexibility index (Phi) is 6.82. The molecular formula is C24H28O6. The van der Waals surface area contributed by atoms with Crippen molar-refractivity contribution in [3.63, 3.8) is 0 Å². The minimum atomic E-state index is -0.831. The summed E-state index contributed by atoms with van der Waals surface area (Å²) in [6, 6.07) is 17.4. The lowest BCUT2D eigenvalue weighted by atomic mass is 9.92. The molecule has 2 heterocycles. The number of ether oxygens (including phenoxy) is 5. The molecule has 0 saturated carbocycles. The highest BCUT2D eigenvalue weighted by molar-refractivity contribution is 5.28. The van der Waals surface area contributed by atoms with E-state index in [-0.39, 0.29) is 6.10 Å². The SMILES string of the molecule is C=CC[C@H]1O[C@@H]2CO[C@@H](c3ccc(OC)cc3)O[C@H]2[C@@H](OCc2ccccc2)[C@@H]1O. The molecule has 6 nitrogen and oxygen atoms in total. The maximum absolute atomic E-state index is 11.0. The Morgan fingerprint density at radius 1 is 1.10 bits per heavy atom. The first-order valence-corrected chi connectivity index (χ1v) is 10.2. The third kappa shape index (κ3) is 4.58. The van der Waals surface area contributed by atoms with Crippen LogP contribution in [0, 0.1) is 0 Å². The second kappa shape index (κ2) is 9.73. The van der Waals surface area contributed by atoms with Gasteiger partial charge < -0.3 is 28.8 Å². The third-order valence-electron chi connectivity index (χ3n) is 5.52. The molecule has 160 valence electrons. The molecule has 2 aliphatic rings. The van der Waals surface area contributed by atoms with E-state index < -0.39 is 30.7 Å². The predicted molar refractivity (Wildman–Crippen MR) is 111 cm³/mol. The van der Waals surface area contributed by atoms with Crippen molar-refractivity contribution in [3.05, 3.63) is 78.4 Å². The number of methoxy groups -OCH3 is 1. The van der Waals surface area contributed by atoms with Gasteiger partial charge in [0, 0.05) is 5.56 Å². The van der Waals surface area contributed by atoms with Crippen LogP contribution in [-0.2, 0) is 25.6 Å². The first kappa shape index (κ1) is 21.0. The summed E-state index contributed by atoms with van der Waals surface area (Å²) >= 11 is 0. The number of hydrogen-bond acceptors (Lipinski definition) is 6. The minimum Gasteiger partial charge on any atom is -0.497 e. The molecule has 2 saturated heterocycles. The van der Waals surface area contributed by atoms with Gasteiger partial charge in [0.1, 0.15) is 30.2 Å². The van der Waals surface area contributed by atoms with E-state index in [0.717, 1.165) is 16.9 Å². The molecule has 2 aromatic carbocycles. The van der Waals surface area contributed by atoms with Gasteiger partial charge in [0.2, 0.25) is 0 Å². The lowest BCUT2D eigenvalue weighted by molar-refractivity contribution is -0.334. The molecule has 0 spiro atoms. The van der Waals surface area contributed by atoms with Crippen LogP contribution in [0.25, 0.3) is 0 Å². The Labute approximate surface area is 177 Å². The highest BCUT2D eigenvalue weighted by atomic mass is 16.7. The van der Waals surface area contributed by atoms with E-state index in [0.29, 0.717) is 19.6 Å². The van der Waals surface area contributed by atoms with Crippen LogP contribution in [0.3, 0.4) is 0 Å². The normalized spacial score (nSPS) is 31.0. The van der Waals surface area contributed by atoms with Crippen LogP contribution >= 0.6 is 0 Å². The molecule has 0 bridgehead atoms. The Balaban J connectivity index is 1.51. The molecule has 0 radical (unpaired) electrons. The summed E-state index contributed by atoms with van der Waals surface area (Å²) < 4.78 is 29.7. The quantitative estimate of drug-likeness (QED) is 0.703. The van der Waals surface area contributed by atoms with Crippen molar-refractivity contribution in [3.8, 4) is 5.75 Å². The molecule has 2 aliphatic heterocycles. The van der Waals surface area contributed by atoms with Crippen LogP contribution in [-0.4, -0.2) is 49.3 Å². The summed E-state index contributed by atoms with van der Waals surface area (Å²) in [5, 5.41) is 11.0. The van der Waals surface area contributed by atoms with Gasteiger partial charge in [0.15, 0.2) is 6.29 Å². The van der Waals surface area contributed by atoms with Gasteiger partial charge in [0.05, 0.1) is 26.4 Å². The Morgan fingerprint density at radius 2 is 1.87 bits per heavy atom. The van der Waals surface area contributed by atoms with Crippen LogP contribution in [0.1, 0.15) is 23.8 Å². The van der Waals surface area contributed by atoms with Gasteiger partial charge in [-0.05, 0) is 24.1 Å². The van der Waals surface area contributed by atoms with E-state index in [9.17, 15) is 5.11 Å². The van der Waals surface area contributed by atoms with Gasteiger partial charge in [-0.3, -0.25) is 0 Å². The zero-order valence-corrected chi connectivity index (χ0v) is 17.1. The number of aliphatic hydroxyl groups is 1. The van der Waals surface area contributed by atoms with Crippen molar-refractivity contribution in [2.75, 3.05) is 13.7 Å². The fourth-order valence-electron chi connectivity index (χ4n) is 3.92. The van der Waals surface area contributed by atoms with Crippen molar-refractivity contribution < 1.29 is 28.8 Å². The monoisotopic (exact) mass is 412 g/mol. The van der Waals surface area contributed by atoms with Crippen LogP contribution < -0.4 is 4.74 Å². The zero-order valence-electron chi connectivity index (χ0n) is 17.1. The molecule has 2 aromatic rings. The van der Waals surface area contributed by atoms with Gasteiger partial charge in [-0.1, -0.05) is 48.5 Å². The Morgan fingerprint density at radius 3 is 2.57 bits per heavy atom. The molecule has 0 unspecified atom stereocenters. The second-order valence-electron chi connectivity index (χ2n) is 7.53. The summed E-state index contributed by atoms with van der Waals surface area (Å²) in [5.41, 5.74) is 1.91. The van der Waals surface area contributed by atoms with Crippen LogP contribution in [0.2, 0.25) is 0 Å². The summed E-state index contributed by atoms with van der Waals surface area (Å²) in [5.74, 6) is 0.764. The standard InChI is InChI=1S/C24H28O6/c1-3-7-19-21(25)23(27-14-16-8-5-4-6-9-16)22-20(29-19)15-28-24(30-22)17-10-12-18(26-2)13-11-17/h3-6,8-13,19-25H,1,7,14-15H2,2H3/t19-,20-,21-,22-,23+,24-/m1/s1. The van der Waals surface area contributed by atoms with Crippen molar-refractivity contribution >= 4 is 0 Å². The Hall–Kier alpha value is -2.22. The summed E-state index contributed by atoms with van der Waals surface area (Å²) in [6.45, 7) is 4.51. The summed E-state index contributed by atoms with van der Waals surface area (Å²) in [4.78, 5) is 0. The maximum Gasteiger partial charge on any atom is 0.184 e. The average molecular weight is 412 g/mol. The van der Waals surface area contributed by atoms with E-state index in [1.54, 1.807) is 13.2 Å². The molecule has 4 rings (SSSR count). The molecule has 6 heteroatoms. The number of rotatable bonds is 7. The van der Waals surface area contributed by atoms with Crippen molar-refractivity contribution in [2.45, 2.75) is 49.8 Å². The maximum atomic E-state index is 11.0. The van der Waals surface area contributed by atoms with E-state index >= 15 is 0 Å². The van der Waals surface area contributed by atoms with Crippen LogP contribution in [0.15, 0.2) is 67.3 Å². The van der Waals surface area contributed by atoms with Crippen molar-refractivity contribution in [2.24, 2.45) is 0 Å². The van der Waals surface area contributed by atoms with Crippen molar-refractivity contribution in [1.82, 2.24) is 0 Å². The third-order valence-corrected chi connectivity index (χ3v) is 5.52. The van der Waals surface area contributed by atoms with Gasteiger partial charge in [-0.2, -0.15) is 0 Å². The highest BCUT2D eigenvalue weighted by Gasteiger charge is 2.49. The summed E-state index contributed by atoms with van der Waals surface area (Å²) in [6.07, 6.45) is -0.855. The number of hydrogen-bond donors (Lipinski definition) is 1. The average Bonchev–Trinajstić information content (AvgIpc) is 2.80. The highest BCUT2D eigenvalue weighted by Crippen LogP contribution is 2.36.